The quantitative estimate of drug-likeness (QED) is 0.861. The van der Waals surface area contributed by atoms with Crippen molar-refractivity contribution in [1.82, 2.24) is 9.55 Å². The van der Waals surface area contributed by atoms with Crippen LogP contribution in [0.25, 0.3) is 0 Å². The van der Waals surface area contributed by atoms with Gasteiger partial charge in [-0.1, -0.05) is 39.5 Å². The van der Waals surface area contributed by atoms with Gasteiger partial charge in [-0.2, -0.15) is 0 Å². The molecule has 1 N–H and O–H groups in total. The lowest BCUT2D eigenvalue weighted by Crippen LogP contribution is -2.33. The maximum atomic E-state index is 4.59. The average molecular weight is 275 g/mol. The van der Waals surface area contributed by atoms with E-state index in [9.17, 15) is 0 Å². The lowest BCUT2D eigenvalue weighted by Gasteiger charge is -2.36. The van der Waals surface area contributed by atoms with Gasteiger partial charge in [-0.25, -0.2) is 4.98 Å². The average Bonchev–Trinajstić information content (AvgIpc) is 2.87. The van der Waals surface area contributed by atoms with Crippen molar-refractivity contribution in [2.24, 2.45) is 5.41 Å². The molecule has 2 saturated carbocycles. The van der Waals surface area contributed by atoms with Crippen LogP contribution in [0.15, 0.2) is 12.4 Å². The van der Waals surface area contributed by atoms with Gasteiger partial charge in [-0.3, -0.25) is 0 Å². The molecule has 112 valence electrons. The van der Waals surface area contributed by atoms with E-state index in [-0.39, 0.29) is 0 Å². The van der Waals surface area contributed by atoms with Crippen LogP contribution in [-0.2, 0) is 0 Å². The van der Waals surface area contributed by atoms with Gasteiger partial charge in [0, 0.05) is 24.5 Å². The van der Waals surface area contributed by atoms with Crippen molar-refractivity contribution in [2.75, 3.05) is 5.32 Å². The van der Waals surface area contributed by atoms with Gasteiger partial charge in [0.05, 0.1) is 0 Å². The summed E-state index contributed by atoms with van der Waals surface area (Å²) in [5, 5.41) is 3.73. The highest BCUT2D eigenvalue weighted by molar-refractivity contribution is 5.29. The van der Waals surface area contributed by atoms with Crippen LogP contribution in [-0.4, -0.2) is 15.6 Å². The van der Waals surface area contributed by atoms with Crippen molar-refractivity contribution >= 4 is 5.95 Å². The highest BCUT2D eigenvalue weighted by atomic mass is 15.2. The smallest absolute Gasteiger partial charge is 0.203 e. The zero-order valence-corrected chi connectivity index (χ0v) is 13.1. The van der Waals surface area contributed by atoms with Crippen LogP contribution >= 0.6 is 0 Å². The number of imidazole rings is 1. The minimum Gasteiger partial charge on any atom is -0.353 e. The summed E-state index contributed by atoms with van der Waals surface area (Å²) in [6, 6.07) is 1.27. The van der Waals surface area contributed by atoms with Gasteiger partial charge in [-0.15, -0.1) is 0 Å². The summed E-state index contributed by atoms with van der Waals surface area (Å²) in [7, 11) is 0. The molecule has 1 heterocycles. The summed E-state index contributed by atoms with van der Waals surface area (Å²) in [5.74, 6) is 1.11. The molecule has 2 aliphatic rings. The first-order valence-electron chi connectivity index (χ1n) is 8.43. The summed E-state index contributed by atoms with van der Waals surface area (Å²) in [6.45, 7) is 4.79. The van der Waals surface area contributed by atoms with E-state index >= 15 is 0 Å². The lowest BCUT2D eigenvalue weighted by atomic mass is 9.75. The number of hydrogen-bond donors (Lipinski definition) is 1. The summed E-state index contributed by atoms with van der Waals surface area (Å²) in [4.78, 5) is 4.59. The largest absolute Gasteiger partial charge is 0.353 e. The Morgan fingerprint density at radius 1 is 1.15 bits per heavy atom. The van der Waals surface area contributed by atoms with E-state index < -0.39 is 0 Å². The highest BCUT2D eigenvalue weighted by Crippen LogP contribution is 2.37. The Morgan fingerprint density at radius 2 is 1.95 bits per heavy atom. The zero-order valence-electron chi connectivity index (χ0n) is 13.1. The van der Waals surface area contributed by atoms with Crippen LogP contribution < -0.4 is 5.32 Å². The Morgan fingerprint density at radius 3 is 2.70 bits per heavy atom. The maximum Gasteiger partial charge on any atom is 0.203 e. The molecular formula is C17H29N3. The molecule has 1 aromatic rings. The number of nitrogens with one attached hydrogen (secondary N) is 1. The minimum atomic E-state index is 0.484. The van der Waals surface area contributed by atoms with Gasteiger partial charge in [0.2, 0.25) is 5.95 Å². The fourth-order valence-electron chi connectivity index (χ4n) is 4.08. The van der Waals surface area contributed by atoms with E-state index in [4.69, 9.17) is 0 Å². The van der Waals surface area contributed by atoms with Crippen LogP contribution in [0.3, 0.4) is 0 Å². The molecule has 3 heteroatoms. The molecule has 1 atom stereocenters. The Hall–Kier alpha value is -0.990. The molecular weight excluding hydrogens is 246 g/mol. The molecule has 0 radical (unpaired) electrons. The van der Waals surface area contributed by atoms with Crippen molar-refractivity contribution in [2.45, 2.75) is 83.7 Å². The van der Waals surface area contributed by atoms with Crippen molar-refractivity contribution in [3.8, 4) is 0 Å². The van der Waals surface area contributed by atoms with Crippen LogP contribution in [0.5, 0.6) is 0 Å². The summed E-state index contributed by atoms with van der Waals surface area (Å²) < 4.78 is 2.40. The van der Waals surface area contributed by atoms with Gasteiger partial charge in [0.1, 0.15) is 0 Å². The molecule has 3 nitrogen and oxygen atoms in total. The molecule has 0 amide bonds. The zero-order chi connectivity index (χ0) is 14.0. The van der Waals surface area contributed by atoms with E-state index in [1.807, 2.05) is 6.20 Å². The number of nitrogens with zero attached hydrogens (tertiary/aromatic N) is 2. The topological polar surface area (TPSA) is 29.9 Å². The van der Waals surface area contributed by atoms with E-state index in [0.29, 0.717) is 17.5 Å². The number of anilines is 1. The molecule has 2 aliphatic carbocycles. The molecule has 0 spiro atoms. The fourth-order valence-corrected chi connectivity index (χ4v) is 4.08. The molecule has 0 saturated heterocycles. The monoisotopic (exact) mass is 275 g/mol. The Labute approximate surface area is 123 Å². The predicted octanol–water partition coefficient (Wildman–Crippen LogP) is 4.77. The highest BCUT2D eigenvalue weighted by Gasteiger charge is 2.29. The summed E-state index contributed by atoms with van der Waals surface area (Å²) in [5.41, 5.74) is 0.484. The third-order valence-electron chi connectivity index (χ3n) is 5.18. The van der Waals surface area contributed by atoms with E-state index in [1.165, 1.54) is 57.8 Å². The first-order valence-corrected chi connectivity index (χ1v) is 8.43. The minimum absolute atomic E-state index is 0.484. The van der Waals surface area contributed by atoms with E-state index in [2.05, 4.69) is 34.9 Å². The number of rotatable bonds is 3. The van der Waals surface area contributed by atoms with Gasteiger partial charge in [0.25, 0.3) is 0 Å². The number of hydrogen-bond acceptors (Lipinski definition) is 2. The molecule has 1 aromatic heterocycles. The predicted molar refractivity (Wildman–Crippen MR) is 84.0 cm³/mol. The number of aromatic nitrogens is 2. The fraction of sp³-hybridized carbons (Fsp3) is 0.824. The Balaban J connectivity index is 1.67. The maximum absolute atomic E-state index is 4.59. The molecule has 2 fully saturated rings. The van der Waals surface area contributed by atoms with Crippen LogP contribution in [0.2, 0.25) is 0 Å². The van der Waals surface area contributed by atoms with Crippen LogP contribution in [0.4, 0.5) is 5.95 Å². The van der Waals surface area contributed by atoms with E-state index in [1.54, 1.807) is 0 Å². The second-order valence-electron chi connectivity index (χ2n) is 7.55. The second-order valence-corrected chi connectivity index (χ2v) is 7.55. The molecule has 0 aliphatic heterocycles. The molecule has 3 rings (SSSR count). The SMILES string of the molecule is CC1(C)CCCC(Nc2nccn2C2CCCCC2)C1. The first-order chi connectivity index (χ1) is 9.64. The van der Waals surface area contributed by atoms with Crippen molar-refractivity contribution < 1.29 is 0 Å². The van der Waals surface area contributed by atoms with Gasteiger partial charge < -0.3 is 9.88 Å². The third-order valence-corrected chi connectivity index (χ3v) is 5.18. The third kappa shape index (κ3) is 3.18. The van der Waals surface area contributed by atoms with Gasteiger partial charge in [0.15, 0.2) is 0 Å². The summed E-state index contributed by atoms with van der Waals surface area (Å²) in [6.07, 6.45) is 16.2. The van der Waals surface area contributed by atoms with E-state index in [0.717, 1.165) is 5.95 Å². The second kappa shape index (κ2) is 5.79. The lowest BCUT2D eigenvalue weighted by molar-refractivity contribution is 0.228. The normalized spacial score (nSPS) is 27.4. The summed E-state index contributed by atoms with van der Waals surface area (Å²) >= 11 is 0. The van der Waals surface area contributed by atoms with Crippen molar-refractivity contribution in [3.05, 3.63) is 12.4 Å². The van der Waals surface area contributed by atoms with Crippen LogP contribution in [0.1, 0.15) is 77.7 Å². The molecule has 0 bridgehead atoms. The molecule has 0 aromatic carbocycles. The van der Waals surface area contributed by atoms with Crippen LogP contribution in [0, 0.1) is 5.41 Å². The van der Waals surface area contributed by atoms with Crippen molar-refractivity contribution in [1.29, 1.82) is 0 Å². The standard InChI is InChI=1S/C17H29N3/c1-17(2)10-6-7-14(13-17)19-16-18-11-12-20(16)15-8-4-3-5-9-15/h11-12,14-15H,3-10,13H2,1-2H3,(H,18,19). The molecule has 1 unspecified atom stereocenters. The Kier molecular flexibility index (Phi) is 4.04. The van der Waals surface area contributed by atoms with Gasteiger partial charge in [-0.05, 0) is 37.5 Å². The first kappa shape index (κ1) is 14.0. The van der Waals surface area contributed by atoms with Gasteiger partial charge >= 0.3 is 0 Å². The Bertz CT molecular complexity index is 429. The van der Waals surface area contributed by atoms with Crippen molar-refractivity contribution in [3.63, 3.8) is 0 Å². The molecule has 20 heavy (non-hydrogen) atoms.